The summed E-state index contributed by atoms with van der Waals surface area (Å²) in [6, 6.07) is 0.0231. The fourth-order valence-corrected chi connectivity index (χ4v) is 1.52. The Morgan fingerprint density at radius 3 is 2.75 bits per heavy atom. The van der Waals surface area contributed by atoms with Gasteiger partial charge in [0.25, 0.3) is 5.91 Å². The number of likely N-dealkylation sites (N-methyl/N-ethyl adjacent to an activating group) is 2. The quantitative estimate of drug-likeness (QED) is 0.554. The topological polar surface area (TPSA) is 32.8 Å². The van der Waals surface area contributed by atoms with Gasteiger partial charge in [-0.25, -0.2) is 5.06 Å². The van der Waals surface area contributed by atoms with Crippen molar-refractivity contribution in [3.8, 4) is 0 Å². The third-order valence-corrected chi connectivity index (χ3v) is 2.39. The highest BCUT2D eigenvalue weighted by Gasteiger charge is 2.29. The largest absolute Gasteiger partial charge is 0.295 e. The molecular formula is C8H16N2O2. The molecule has 0 spiro atoms. The number of rotatable bonds is 2. The van der Waals surface area contributed by atoms with Gasteiger partial charge in [0, 0.05) is 7.05 Å². The maximum Gasteiger partial charge on any atom is 0.263 e. The average molecular weight is 172 g/mol. The highest BCUT2D eigenvalue weighted by Crippen LogP contribution is 2.16. The molecule has 0 bridgehead atoms. The lowest BCUT2D eigenvalue weighted by molar-refractivity contribution is -0.173. The Bertz CT molecular complexity index is 172. The molecular weight excluding hydrogens is 156 g/mol. The summed E-state index contributed by atoms with van der Waals surface area (Å²) in [6.45, 7) is 1.01. The van der Waals surface area contributed by atoms with Crippen LogP contribution in [0.15, 0.2) is 0 Å². The van der Waals surface area contributed by atoms with Crippen molar-refractivity contribution in [2.75, 3.05) is 27.7 Å². The lowest BCUT2D eigenvalue weighted by Gasteiger charge is -2.22. The first-order chi connectivity index (χ1) is 5.66. The minimum atomic E-state index is 0.0231. The van der Waals surface area contributed by atoms with Crippen LogP contribution in [0.5, 0.6) is 0 Å². The summed E-state index contributed by atoms with van der Waals surface area (Å²) in [5.74, 6) is 0.0532. The maximum absolute atomic E-state index is 11.5. The smallest absolute Gasteiger partial charge is 0.263 e. The minimum absolute atomic E-state index is 0.0231. The van der Waals surface area contributed by atoms with E-state index < -0.39 is 0 Å². The van der Waals surface area contributed by atoms with Gasteiger partial charge in [-0.3, -0.25) is 14.5 Å². The fourth-order valence-electron chi connectivity index (χ4n) is 1.52. The standard InChI is InChI=1S/C8H16N2O2/c1-9-6-4-5-7(9)8(11)10(2)12-3/h7H,4-6H2,1-3H3. The van der Waals surface area contributed by atoms with E-state index >= 15 is 0 Å². The Balaban J connectivity index is 2.51. The molecule has 1 aliphatic rings. The molecule has 1 atom stereocenters. The first kappa shape index (κ1) is 9.48. The van der Waals surface area contributed by atoms with Crippen LogP contribution in [-0.2, 0) is 9.63 Å². The molecule has 1 amide bonds. The van der Waals surface area contributed by atoms with Crippen molar-refractivity contribution in [2.45, 2.75) is 18.9 Å². The van der Waals surface area contributed by atoms with E-state index in [-0.39, 0.29) is 11.9 Å². The van der Waals surface area contributed by atoms with Gasteiger partial charge in [0.2, 0.25) is 0 Å². The van der Waals surface area contributed by atoms with Crippen molar-refractivity contribution < 1.29 is 9.63 Å². The Kier molecular flexibility index (Phi) is 3.05. The molecule has 1 saturated heterocycles. The average Bonchev–Trinajstić information content (AvgIpc) is 2.48. The second-order valence-electron chi connectivity index (χ2n) is 3.16. The van der Waals surface area contributed by atoms with Gasteiger partial charge in [0.1, 0.15) is 0 Å². The van der Waals surface area contributed by atoms with Crippen molar-refractivity contribution >= 4 is 5.91 Å². The molecule has 12 heavy (non-hydrogen) atoms. The van der Waals surface area contributed by atoms with E-state index in [9.17, 15) is 4.79 Å². The van der Waals surface area contributed by atoms with Gasteiger partial charge in [0.05, 0.1) is 13.2 Å². The molecule has 1 rings (SSSR count). The van der Waals surface area contributed by atoms with E-state index in [1.54, 1.807) is 7.05 Å². The fraction of sp³-hybridized carbons (Fsp3) is 0.875. The van der Waals surface area contributed by atoms with Crippen LogP contribution in [0.25, 0.3) is 0 Å². The normalized spacial score (nSPS) is 24.4. The third kappa shape index (κ3) is 1.76. The van der Waals surface area contributed by atoms with E-state index in [1.165, 1.54) is 12.2 Å². The van der Waals surface area contributed by atoms with Gasteiger partial charge in [-0.05, 0) is 26.4 Å². The molecule has 0 aromatic heterocycles. The lowest BCUT2D eigenvalue weighted by Crippen LogP contribution is -2.41. The summed E-state index contributed by atoms with van der Waals surface area (Å²) in [4.78, 5) is 18.4. The van der Waals surface area contributed by atoms with Gasteiger partial charge in [0.15, 0.2) is 0 Å². The number of amides is 1. The van der Waals surface area contributed by atoms with E-state index in [0.29, 0.717) is 0 Å². The summed E-state index contributed by atoms with van der Waals surface area (Å²) in [5.41, 5.74) is 0. The number of nitrogens with zero attached hydrogens (tertiary/aromatic N) is 2. The molecule has 0 aromatic rings. The van der Waals surface area contributed by atoms with Crippen molar-refractivity contribution in [1.29, 1.82) is 0 Å². The van der Waals surface area contributed by atoms with E-state index in [1.807, 2.05) is 7.05 Å². The van der Waals surface area contributed by atoms with Crippen LogP contribution in [0.2, 0.25) is 0 Å². The second kappa shape index (κ2) is 3.87. The SMILES string of the molecule is CON(C)C(=O)C1CCCN1C. The number of hydroxylamine groups is 2. The molecule has 1 unspecified atom stereocenters. The summed E-state index contributed by atoms with van der Waals surface area (Å²) in [6.07, 6.45) is 2.05. The summed E-state index contributed by atoms with van der Waals surface area (Å²) in [5, 5.41) is 1.30. The van der Waals surface area contributed by atoms with Crippen molar-refractivity contribution in [2.24, 2.45) is 0 Å². The van der Waals surface area contributed by atoms with E-state index in [4.69, 9.17) is 4.84 Å². The van der Waals surface area contributed by atoms with E-state index in [0.717, 1.165) is 19.4 Å². The number of likely N-dealkylation sites (tertiary alicyclic amines) is 1. The highest BCUT2D eigenvalue weighted by molar-refractivity contribution is 5.80. The molecule has 0 saturated carbocycles. The number of hydrogen-bond donors (Lipinski definition) is 0. The first-order valence-electron chi connectivity index (χ1n) is 4.18. The number of hydrogen-bond acceptors (Lipinski definition) is 3. The van der Waals surface area contributed by atoms with Gasteiger partial charge < -0.3 is 0 Å². The molecule has 1 fully saturated rings. The summed E-state index contributed by atoms with van der Waals surface area (Å²) < 4.78 is 0. The lowest BCUT2D eigenvalue weighted by atomic mass is 10.2. The van der Waals surface area contributed by atoms with Crippen molar-refractivity contribution in [1.82, 2.24) is 9.96 Å². The predicted octanol–water partition coefficient (Wildman–Crippen LogP) is 0.100. The number of carbonyl (C=O) groups excluding carboxylic acids is 1. The van der Waals surface area contributed by atoms with Crippen LogP contribution in [0.3, 0.4) is 0 Å². The Labute approximate surface area is 73.0 Å². The zero-order chi connectivity index (χ0) is 9.14. The molecule has 0 N–H and O–H groups in total. The summed E-state index contributed by atoms with van der Waals surface area (Å²) in [7, 11) is 5.13. The van der Waals surface area contributed by atoms with E-state index in [2.05, 4.69) is 4.90 Å². The van der Waals surface area contributed by atoms with Crippen LogP contribution in [0.1, 0.15) is 12.8 Å². The minimum Gasteiger partial charge on any atom is -0.295 e. The molecule has 0 aromatic carbocycles. The van der Waals surface area contributed by atoms with Gasteiger partial charge in [-0.15, -0.1) is 0 Å². The molecule has 0 aliphatic carbocycles. The van der Waals surface area contributed by atoms with Gasteiger partial charge in [-0.1, -0.05) is 0 Å². The Hall–Kier alpha value is -0.610. The molecule has 70 valence electrons. The summed E-state index contributed by atoms with van der Waals surface area (Å²) >= 11 is 0. The zero-order valence-corrected chi connectivity index (χ0v) is 7.91. The van der Waals surface area contributed by atoms with Crippen molar-refractivity contribution in [3.63, 3.8) is 0 Å². The molecule has 4 heteroatoms. The third-order valence-electron chi connectivity index (χ3n) is 2.39. The molecule has 0 radical (unpaired) electrons. The highest BCUT2D eigenvalue weighted by atomic mass is 16.7. The maximum atomic E-state index is 11.5. The monoisotopic (exact) mass is 172 g/mol. The molecule has 1 aliphatic heterocycles. The van der Waals surface area contributed by atoms with Crippen LogP contribution < -0.4 is 0 Å². The van der Waals surface area contributed by atoms with Gasteiger partial charge >= 0.3 is 0 Å². The first-order valence-corrected chi connectivity index (χ1v) is 4.18. The Morgan fingerprint density at radius 2 is 2.33 bits per heavy atom. The van der Waals surface area contributed by atoms with Crippen molar-refractivity contribution in [3.05, 3.63) is 0 Å². The van der Waals surface area contributed by atoms with Crippen LogP contribution in [0, 0.1) is 0 Å². The van der Waals surface area contributed by atoms with Gasteiger partial charge in [-0.2, -0.15) is 0 Å². The predicted molar refractivity (Wildman–Crippen MR) is 45.4 cm³/mol. The molecule has 1 heterocycles. The zero-order valence-electron chi connectivity index (χ0n) is 7.91. The number of carbonyl (C=O) groups is 1. The Morgan fingerprint density at radius 1 is 1.67 bits per heavy atom. The second-order valence-corrected chi connectivity index (χ2v) is 3.16. The van der Waals surface area contributed by atoms with Crippen LogP contribution in [-0.4, -0.2) is 49.7 Å². The van der Waals surface area contributed by atoms with Crippen LogP contribution in [0.4, 0.5) is 0 Å². The van der Waals surface area contributed by atoms with Crippen LogP contribution >= 0.6 is 0 Å². The molecule has 4 nitrogen and oxygen atoms in total.